The van der Waals surface area contributed by atoms with Crippen LogP contribution in [0.4, 0.5) is 5.82 Å². The van der Waals surface area contributed by atoms with Gasteiger partial charge >= 0.3 is 6.01 Å². The molecule has 0 bridgehead atoms. The highest BCUT2D eigenvalue weighted by atomic mass is 32.2. The minimum Gasteiger partial charge on any atom is -0.467 e. The predicted molar refractivity (Wildman–Crippen MR) is 123 cm³/mol. The molecule has 2 saturated heterocycles. The molecule has 164 valence electrons. The molecule has 2 fully saturated rings. The Hall–Kier alpha value is -2.36. The Morgan fingerprint density at radius 3 is 2.52 bits per heavy atom. The van der Waals surface area contributed by atoms with Gasteiger partial charge in [0.05, 0.1) is 24.9 Å². The van der Waals surface area contributed by atoms with E-state index in [-0.39, 0.29) is 6.10 Å². The van der Waals surface area contributed by atoms with Crippen LogP contribution in [0, 0.1) is 6.92 Å². The van der Waals surface area contributed by atoms with Gasteiger partial charge in [0.15, 0.2) is 5.82 Å². The van der Waals surface area contributed by atoms with E-state index in [2.05, 4.69) is 44.7 Å². The Morgan fingerprint density at radius 2 is 1.84 bits per heavy atom. The second kappa shape index (κ2) is 8.29. The van der Waals surface area contributed by atoms with Crippen molar-refractivity contribution in [1.82, 2.24) is 24.1 Å². The lowest BCUT2D eigenvalue weighted by atomic mass is 9.87. The van der Waals surface area contributed by atoms with Crippen LogP contribution in [0.25, 0.3) is 16.7 Å². The minimum atomic E-state index is -0.307. The van der Waals surface area contributed by atoms with Gasteiger partial charge in [0.2, 0.25) is 0 Å². The maximum Gasteiger partial charge on any atom is 0.320 e. The average Bonchev–Trinajstić information content (AvgIpc) is 3.18. The molecule has 9 heteroatoms. The summed E-state index contributed by atoms with van der Waals surface area (Å²) >= 11 is 1.84. The van der Waals surface area contributed by atoms with Crippen molar-refractivity contribution in [3.63, 3.8) is 0 Å². The van der Waals surface area contributed by atoms with E-state index in [1.54, 1.807) is 7.11 Å². The van der Waals surface area contributed by atoms with Gasteiger partial charge in [-0.05, 0) is 55.2 Å². The number of fused-ring (bicyclic) bond motifs is 1. The van der Waals surface area contributed by atoms with Crippen LogP contribution in [0.2, 0.25) is 0 Å². The number of aliphatic hydroxyl groups excluding tert-OH is 1. The van der Waals surface area contributed by atoms with Crippen LogP contribution < -0.4 is 9.64 Å². The van der Waals surface area contributed by atoms with E-state index in [9.17, 15) is 5.11 Å². The number of nitrogens with zero attached hydrogens (tertiary/aromatic N) is 6. The van der Waals surface area contributed by atoms with Crippen LogP contribution >= 0.6 is 11.9 Å². The number of aliphatic hydroxyl groups is 1. The molecule has 2 aliphatic heterocycles. The number of anilines is 1. The van der Waals surface area contributed by atoms with Gasteiger partial charge in [-0.1, -0.05) is 11.9 Å². The van der Waals surface area contributed by atoms with Gasteiger partial charge in [0.25, 0.3) is 0 Å². The topological polar surface area (TPSA) is 79.5 Å². The summed E-state index contributed by atoms with van der Waals surface area (Å²) < 4.78 is 9.67. The Morgan fingerprint density at radius 1 is 1.10 bits per heavy atom. The van der Waals surface area contributed by atoms with E-state index >= 15 is 0 Å². The average molecular weight is 441 g/mol. The Bertz CT molecular complexity index is 1090. The van der Waals surface area contributed by atoms with Crippen LogP contribution in [0.15, 0.2) is 24.4 Å². The van der Waals surface area contributed by atoms with E-state index < -0.39 is 0 Å². The van der Waals surface area contributed by atoms with Gasteiger partial charge in [0, 0.05) is 37.6 Å². The van der Waals surface area contributed by atoms with Crippen molar-refractivity contribution in [1.29, 1.82) is 0 Å². The fourth-order valence-electron chi connectivity index (χ4n) is 4.58. The van der Waals surface area contributed by atoms with Gasteiger partial charge in [-0.3, -0.25) is 4.31 Å². The van der Waals surface area contributed by atoms with Crippen LogP contribution in [0.3, 0.4) is 0 Å². The monoisotopic (exact) mass is 440 g/mol. The lowest BCUT2D eigenvalue weighted by Gasteiger charge is -2.36. The van der Waals surface area contributed by atoms with Crippen molar-refractivity contribution in [2.75, 3.05) is 44.4 Å². The Balaban J connectivity index is 1.53. The number of piperidine rings is 1. The van der Waals surface area contributed by atoms with Gasteiger partial charge in [0.1, 0.15) is 5.82 Å². The second-order valence-corrected chi connectivity index (χ2v) is 9.22. The fraction of sp³-hybridized carbons (Fsp3) is 0.500. The Kier molecular flexibility index (Phi) is 5.49. The smallest absolute Gasteiger partial charge is 0.320 e. The first kappa shape index (κ1) is 20.5. The zero-order valence-electron chi connectivity index (χ0n) is 18.2. The molecule has 2 aromatic heterocycles. The second-order valence-electron chi connectivity index (χ2n) is 8.34. The van der Waals surface area contributed by atoms with Crippen LogP contribution in [0.1, 0.15) is 29.9 Å². The number of aromatic nitrogens is 4. The molecular formula is C22H28N6O2S. The molecule has 0 amide bonds. The molecule has 3 aromatic rings. The fourth-order valence-corrected chi connectivity index (χ4v) is 5.16. The van der Waals surface area contributed by atoms with Crippen LogP contribution in [-0.2, 0) is 0 Å². The number of hydrogen-bond donors (Lipinski definition) is 1. The summed E-state index contributed by atoms with van der Waals surface area (Å²) in [5, 5.41) is 15.4. The van der Waals surface area contributed by atoms with Crippen molar-refractivity contribution in [3.8, 4) is 11.8 Å². The lowest BCUT2D eigenvalue weighted by molar-refractivity contribution is 0.141. The van der Waals surface area contributed by atoms with E-state index in [1.807, 2.05) is 33.8 Å². The molecule has 0 unspecified atom stereocenters. The standard InChI is InChI=1S/C22H28N6O2S/c1-14-8-16-11-23-28(19(16)9-18(14)15-4-6-27(31-3)7-5-15)21-10-20(24-22(25-21)30-2)26-12-17(29)13-26/h8-11,15,17,29H,4-7,12-13H2,1-3H3. The van der Waals surface area contributed by atoms with Gasteiger partial charge < -0.3 is 14.7 Å². The van der Waals surface area contributed by atoms with E-state index in [1.165, 1.54) is 24.0 Å². The molecule has 5 rings (SSSR count). The molecule has 1 aromatic carbocycles. The first-order valence-corrected chi connectivity index (χ1v) is 11.9. The molecule has 0 spiro atoms. The molecule has 8 nitrogen and oxygen atoms in total. The Labute approximate surface area is 186 Å². The third kappa shape index (κ3) is 3.86. The quantitative estimate of drug-likeness (QED) is 0.607. The van der Waals surface area contributed by atoms with E-state index in [4.69, 9.17) is 4.74 Å². The van der Waals surface area contributed by atoms with Crippen molar-refractivity contribution in [3.05, 3.63) is 35.5 Å². The minimum absolute atomic E-state index is 0.300. The first-order chi connectivity index (χ1) is 15.1. The number of hydrogen-bond acceptors (Lipinski definition) is 8. The van der Waals surface area contributed by atoms with E-state index in [0.717, 1.165) is 29.8 Å². The SMILES string of the molecule is COc1nc(N2CC(O)C2)cc(-n2ncc3cc(C)c(C4CCN(SC)CC4)cc32)n1. The number of rotatable bonds is 5. The van der Waals surface area contributed by atoms with Crippen molar-refractivity contribution < 1.29 is 9.84 Å². The summed E-state index contributed by atoms with van der Waals surface area (Å²) in [4.78, 5) is 11.0. The third-order valence-electron chi connectivity index (χ3n) is 6.37. The highest BCUT2D eigenvalue weighted by molar-refractivity contribution is 7.96. The molecule has 0 radical (unpaired) electrons. The zero-order chi connectivity index (χ0) is 21.5. The van der Waals surface area contributed by atoms with Gasteiger partial charge in [-0.2, -0.15) is 15.1 Å². The number of methoxy groups -OCH3 is 1. The van der Waals surface area contributed by atoms with Crippen molar-refractivity contribution >= 4 is 28.7 Å². The summed E-state index contributed by atoms with van der Waals surface area (Å²) in [6.45, 7) is 5.58. The lowest BCUT2D eigenvalue weighted by Crippen LogP contribution is -2.51. The first-order valence-electron chi connectivity index (χ1n) is 10.7. The third-order valence-corrected chi connectivity index (χ3v) is 7.25. The van der Waals surface area contributed by atoms with Crippen molar-refractivity contribution in [2.45, 2.75) is 31.8 Å². The molecule has 0 aliphatic carbocycles. The molecule has 2 aliphatic rings. The summed E-state index contributed by atoms with van der Waals surface area (Å²) in [6.07, 6.45) is 6.08. The number of β-amino-alcohol motifs (C(OH)–C–C–N with tert-alkyl or cyclic N) is 1. The van der Waals surface area contributed by atoms with Gasteiger partial charge in [-0.25, -0.2) is 4.68 Å². The van der Waals surface area contributed by atoms with Crippen molar-refractivity contribution in [2.24, 2.45) is 0 Å². The summed E-state index contributed by atoms with van der Waals surface area (Å²) in [5.74, 6) is 1.98. The summed E-state index contributed by atoms with van der Waals surface area (Å²) in [7, 11) is 1.57. The molecule has 31 heavy (non-hydrogen) atoms. The zero-order valence-corrected chi connectivity index (χ0v) is 19.0. The van der Waals surface area contributed by atoms with Crippen LogP contribution in [-0.4, -0.2) is 74.8 Å². The molecule has 1 N–H and O–H groups in total. The molecular weight excluding hydrogens is 412 g/mol. The number of ether oxygens (including phenoxy) is 1. The molecule has 4 heterocycles. The van der Waals surface area contributed by atoms with Crippen LogP contribution in [0.5, 0.6) is 6.01 Å². The summed E-state index contributed by atoms with van der Waals surface area (Å²) in [5.41, 5.74) is 3.77. The number of aryl methyl sites for hydroxylation is 1. The summed E-state index contributed by atoms with van der Waals surface area (Å²) in [6, 6.07) is 6.74. The highest BCUT2D eigenvalue weighted by Crippen LogP contribution is 2.35. The largest absolute Gasteiger partial charge is 0.467 e. The van der Waals surface area contributed by atoms with E-state index in [0.29, 0.717) is 30.8 Å². The highest BCUT2D eigenvalue weighted by Gasteiger charge is 2.27. The molecule has 0 saturated carbocycles. The predicted octanol–water partition coefficient (Wildman–Crippen LogP) is 2.77. The molecule has 0 atom stereocenters. The normalized spacial score (nSPS) is 18.5. The maximum atomic E-state index is 9.68. The van der Waals surface area contributed by atoms with Gasteiger partial charge in [-0.15, -0.1) is 0 Å². The number of benzene rings is 1. The maximum absolute atomic E-state index is 9.68.